The van der Waals surface area contributed by atoms with Crippen molar-refractivity contribution >= 4 is 22.6 Å². The number of piperazine rings is 1. The number of anilines is 1. The molecule has 2 N–H and O–H groups in total. The van der Waals surface area contributed by atoms with Crippen LogP contribution in [0.5, 0.6) is 0 Å². The SMILES string of the molecule is Cc1nc2ccc(CN3CCN(c4ccc(C(=O)NC5CCC5)nc4C(F)F)CC3)c(F)c2[nH]c1=O. The molecule has 1 aliphatic heterocycles. The van der Waals surface area contributed by atoms with Crippen molar-refractivity contribution in [1.29, 1.82) is 0 Å². The number of aromatic amines is 1. The summed E-state index contributed by atoms with van der Waals surface area (Å²) in [4.78, 5) is 38.8. The van der Waals surface area contributed by atoms with Crippen LogP contribution >= 0.6 is 0 Å². The summed E-state index contributed by atoms with van der Waals surface area (Å²) in [5.41, 5.74) is 0.629. The third-order valence-corrected chi connectivity index (χ3v) is 6.94. The van der Waals surface area contributed by atoms with Gasteiger partial charge in [-0.2, -0.15) is 0 Å². The summed E-state index contributed by atoms with van der Waals surface area (Å²) in [6.45, 7) is 3.81. The van der Waals surface area contributed by atoms with Crippen molar-refractivity contribution in [2.45, 2.75) is 45.2 Å². The van der Waals surface area contributed by atoms with E-state index >= 15 is 4.39 Å². The molecule has 3 aromatic rings. The fourth-order valence-corrected chi connectivity index (χ4v) is 4.60. The van der Waals surface area contributed by atoms with Gasteiger partial charge in [-0.05, 0) is 44.4 Å². The molecule has 2 aromatic heterocycles. The summed E-state index contributed by atoms with van der Waals surface area (Å²) in [6, 6.07) is 6.45. The molecule has 0 bridgehead atoms. The van der Waals surface area contributed by atoms with Gasteiger partial charge in [0, 0.05) is 44.3 Å². The molecule has 36 heavy (non-hydrogen) atoms. The number of hydrogen-bond donors (Lipinski definition) is 2. The molecule has 0 radical (unpaired) electrons. The highest BCUT2D eigenvalue weighted by Crippen LogP contribution is 2.30. The van der Waals surface area contributed by atoms with E-state index in [9.17, 15) is 18.4 Å². The highest BCUT2D eigenvalue weighted by Gasteiger charge is 2.27. The molecule has 3 heterocycles. The molecular formula is C25H27F3N6O2. The quantitative estimate of drug-likeness (QED) is 0.540. The lowest BCUT2D eigenvalue weighted by atomic mass is 9.93. The Morgan fingerprint density at radius 2 is 1.89 bits per heavy atom. The van der Waals surface area contributed by atoms with Crippen molar-refractivity contribution < 1.29 is 18.0 Å². The Balaban J connectivity index is 1.27. The summed E-state index contributed by atoms with van der Waals surface area (Å²) < 4.78 is 42.8. The van der Waals surface area contributed by atoms with E-state index in [0.717, 1.165) is 19.3 Å². The van der Waals surface area contributed by atoms with Crippen LogP contribution in [0, 0.1) is 12.7 Å². The van der Waals surface area contributed by atoms with Crippen LogP contribution in [-0.2, 0) is 6.54 Å². The van der Waals surface area contributed by atoms with E-state index in [0.29, 0.717) is 49.5 Å². The zero-order valence-electron chi connectivity index (χ0n) is 19.9. The van der Waals surface area contributed by atoms with Gasteiger partial charge in [0.1, 0.15) is 22.6 Å². The molecule has 190 valence electrons. The maximum Gasteiger partial charge on any atom is 0.282 e. The number of halogens is 3. The van der Waals surface area contributed by atoms with Crippen molar-refractivity contribution in [1.82, 2.24) is 25.2 Å². The van der Waals surface area contributed by atoms with E-state index in [1.165, 1.54) is 12.1 Å². The first-order valence-corrected chi connectivity index (χ1v) is 12.1. The molecule has 0 unspecified atom stereocenters. The monoisotopic (exact) mass is 500 g/mol. The van der Waals surface area contributed by atoms with Crippen LogP contribution in [0.15, 0.2) is 29.1 Å². The molecule has 1 aliphatic carbocycles. The smallest absolute Gasteiger partial charge is 0.282 e. The van der Waals surface area contributed by atoms with Gasteiger partial charge in [0.25, 0.3) is 17.9 Å². The number of pyridine rings is 1. The molecule has 2 fully saturated rings. The maximum absolute atomic E-state index is 15.1. The number of nitrogens with one attached hydrogen (secondary N) is 2. The number of carbonyl (C=O) groups is 1. The summed E-state index contributed by atoms with van der Waals surface area (Å²) in [7, 11) is 0. The number of amides is 1. The Morgan fingerprint density at radius 1 is 1.14 bits per heavy atom. The van der Waals surface area contributed by atoms with Gasteiger partial charge in [0.15, 0.2) is 5.82 Å². The Morgan fingerprint density at radius 3 is 2.56 bits per heavy atom. The Kier molecular flexibility index (Phi) is 6.65. The minimum atomic E-state index is -2.82. The van der Waals surface area contributed by atoms with Crippen LogP contribution in [0.25, 0.3) is 11.0 Å². The summed E-state index contributed by atoms with van der Waals surface area (Å²) in [6.07, 6.45) is 0.0247. The van der Waals surface area contributed by atoms with Crippen LogP contribution < -0.4 is 15.8 Å². The first kappa shape index (κ1) is 24.2. The summed E-state index contributed by atoms with van der Waals surface area (Å²) in [5.74, 6) is -0.943. The number of H-pyrrole nitrogens is 1. The van der Waals surface area contributed by atoms with Crippen molar-refractivity contribution in [2.75, 3.05) is 31.1 Å². The van der Waals surface area contributed by atoms with Gasteiger partial charge in [0.2, 0.25) is 0 Å². The van der Waals surface area contributed by atoms with Gasteiger partial charge in [-0.3, -0.25) is 14.5 Å². The number of hydrogen-bond acceptors (Lipinski definition) is 6. The number of carbonyl (C=O) groups excluding carboxylic acids is 1. The molecule has 1 saturated carbocycles. The summed E-state index contributed by atoms with van der Waals surface area (Å²) >= 11 is 0. The predicted octanol–water partition coefficient (Wildman–Crippen LogP) is 3.31. The first-order valence-electron chi connectivity index (χ1n) is 12.1. The second-order valence-electron chi connectivity index (χ2n) is 9.35. The topological polar surface area (TPSA) is 94.2 Å². The Labute approximate surface area is 205 Å². The Bertz CT molecular complexity index is 1350. The van der Waals surface area contributed by atoms with Crippen LogP contribution in [0.4, 0.5) is 18.9 Å². The van der Waals surface area contributed by atoms with Gasteiger partial charge in [-0.1, -0.05) is 6.07 Å². The number of benzene rings is 1. The van der Waals surface area contributed by atoms with Crippen LogP contribution in [0.3, 0.4) is 0 Å². The van der Waals surface area contributed by atoms with E-state index < -0.39 is 29.4 Å². The lowest BCUT2D eigenvalue weighted by Crippen LogP contribution is -2.46. The standard InChI is InChI=1S/C25H27F3N6O2/c1-14-24(35)32-21-17(29-14)6-5-15(20(21)26)13-33-9-11-34(12-10-33)19-8-7-18(31-22(19)23(27)28)25(36)30-16-3-2-4-16/h5-8,16,23H,2-4,9-13H2,1H3,(H,30,36)(H,32,35). The maximum atomic E-state index is 15.1. The summed E-state index contributed by atoms with van der Waals surface area (Å²) in [5, 5.41) is 2.83. The lowest BCUT2D eigenvalue weighted by molar-refractivity contribution is 0.0910. The number of aromatic nitrogens is 3. The van der Waals surface area contributed by atoms with Crippen molar-refractivity contribution in [3.05, 3.63) is 63.1 Å². The van der Waals surface area contributed by atoms with Crippen LogP contribution in [0.2, 0.25) is 0 Å². The highest BCUT2D eigenvalue weighted by molar-refractivity contribution is 5.93. The molecule has 5 rings (SSSR count). The van der Waals surface area contributed by atoms with E-state index in [-0.39, 0.29) is 22.9 Å². The molecule has 2 aliphatic rings. The van der Waals surface area contributed by atoms with E-state index in [4.69, 9.17) is 0 Å². The van der Waals surface area contributed by atoms with Crippen LogP contribution in [-0.4, -0.2) is 58.0 Å². The average molecular weight is 501 g/mol. The minimum Gasteiger partial charge on any atom is -0.367 e. The fraction of sp³-hybridized carbons (Fsp3) is 0.440. The number of aryl methyl sites for hydroxylation is 1. The van der Waals surface area contributed by atoms with Crippen molar-refractivity contribution in [3.63, 3.8) is 0 Å². The number of nitrogens with zero attached hydrogens (tertiary/aromatic N) is 4. The van der Waals surface area contributed by atoms with E-state index in [1.807, 2.05) is 9.80 Å². The number of rotatable bonds is 6. The van der Waals surface area contributed by atoms with Gasteiger partial charge in [-0.25, -0.2) is 23.1 Å². The molecule has 1 amide bonds. The van der Waals surface area contributed by atoms with Gasteiger partial charge in [-0.15, -0.1) is 0 Å². The minimum absolute atomic E-state index is 0.00547. The molecule has 1 aromatic carbocycles. The van der Waals surface area contributed by atoms with Crippen molar-refractivity contribution in [3.8, 4) is 0 Å². The zero-order valence-corrected chi connectivity index (χ0v) is 19.9. The molecule has 0 spiro atoms. The van der Waals surface area contributed by atoms with Gasteiger partial charge >= 0.3 is 0 Å². The third-order valence-electron chi connectivity index (χ3n) is 6.94. The Hall–Kier alpha value is -3.47. The van der Waals surface area contributed by atoms with Crippen molar-refractivity contribution in [2.24, 2.45) is 0 Å². The molecule has 8 nitrogen and oxygen atoms in total. The van der Waals surface area contributed by atoms with Gasteiger partial charge in [0.05, 0.1) is 11.2 Å². The zero-order chi connectivity index (χ0) is 25.4. The molecular weight excluding hydrogens is 473 g/mol. The largest absolute Gasteiger partial charge is 0.367 e. The predicted molar refractivity (Wildman–Crippen MR) is 129 cm³/mol. The number of fused-ring (bicyclic) bond motifs is 1. The normalized spacial score (nSPS) is 17.0. The van der Waals surface area contributed by atoms with E-state index in [1.54, 1.807) is 19.1 Å². The molecule has 0 atom stereocenters. The fourth-order valence-electron chi connectivity index (χ4n) is 4.60. The molecule has 11 heteroatoms. The second kappa shape index (κ2) is 9.88. The first-order chi connectivity index (χ1) is 17.3. The van der Waals surface area contributed by atoms with Crippen LogP contribution in [0.1, 0.15) is 53.1 Å². The van der Waals surface area contributed by atoms with Gasteiger partial charge < -0.3 is 15.2 Å². The number of alkyl halides is 2. The highest BCUT2D eigenvalue weighted by atomic mass is 19.3. The lowest BCUT2D eigenvalue weighted by Gasteiger charge is -2.36. The molecule has 1 saturated heterocycles. The average Bonchev–Trinajstić information content (AvgIpc) is 2.84. The third kappa shape index (κ3) is 4.79. The van der Waals surface area contributed by atoms with E-state index in [2.05, 4.69) is 20.3 Å². The second-order valence-corrected chi connectivity index (χ2v) is 9.35.